The molecule has 0 amide bonds. The largest absolute Gasteiger partial charge is 0.492 e. The van der Waals surface area contributed by atoms with Crippen molar-refractivity contribution >= 4 is 0 Å². The first-order chi connectivity index (χ1) is 9.51. The van der Waals surface area contributed by atoms with Crippen molar-refractivity contribution in [1.82, 2.24) is 4.90 Å². The minimum absolute atomic E-state index is 0.209. The minimum atomic E-state index is 0.209. The molecule has 3 heteroatoms. The van der Waals surface area contributed by atoms with Crippen molar-refractivity contribution in [3.05, 3.63) is 29.8 Å². The third-order valence-corrected chi connectivity index (χ3v) is 4.37. The molecule has 1 atom stereocenters. The van der Waals surface area contributed by atoms with Gasteiger partial charge in [0.2, 0.25) is 0 Å². The number of ether oxygens (including phenoxy) is 1. The number of aryl methyl sites for hydroxylation is 1. The monoisotopic (exact) mass is 276 g/mol. The van der Waals surface area contributed by atoms with Crippen LogP contribution in [0.4, 0.5) is 0 Å². The summed E-state index contributed by atoms with van der Waals surface area (Å²) in [5, 5.41) is 0. The van der Waals surface area contributed by atoms with Gasteiger partial charge in [0.1, 0.15) is 12.4 Å². The Balaban J connectivity index is 1.78. The van der Waals surface area contributed by atoms with E-state index in [9.17, 15) is 0 Å². The van der Waals surface area contributed by atoms with Gasteiger partial charge in [-0.25, -0.2) is 0 Å². The Hall–Kier alpha value is -1.06. The van der Waals surface area contributed by atoms with E-state index in [0.29, 0.717) is 6.04 Å². The molecule has 1 heterocycles. The van der Waals surface area contributed by atoms with E-state index in [1.165, 1.54) is 5.56 Å². The number of hydrogen-bond donors (Lipinski definition) is 1. The lowest BCUT2D eigenvalue weighted by Gasteiger charge is -2.42. The molecule has 1 aliphatic heterocycles. The summed E-state index contributed by atoms with van der Waals surface area (Å²) >= 11 is 0. The van der Waals surface area contributed by atoms with Crippen LogP contribution in [0.5, 0.6) is 5.75 Å². The number of likely N-dealkylation sites (tertiary alicyclic amines) is 1. The van der Waals surface area contributed by atoms with Crippen LogP contribution in [-0.4, -0.2) is 37.2 Å². The summed E-state index contributed by atoms with van der Waals surface area (Å²) in [5.41, 5.74) is 7.70. The number of piperidine rings is 1. The maximum absolute atomic E-state index is 6.17. The summed E-state index contributed by atoms with van der Waals surface area (Å²) in [6.07, 6.45) is 2.13. The SMILES string of the molecule is CCc1cccc(OCCN2CCC(N)C(C)(C)C2)c1. The third kappa shape index (κ3) is 3.97. The Labute approximate surface area is 123 Å². The number of rotatable bonds is 5. The lowest BCUT2D eigenvalue weighted by molar-refractivity contribution is 0.0831. The number of nitrogens with two attached hydrogens (primary N) is 1. The van der Waals surface area contributed by atoms with Crippen LogP contribution in [0.3, 0.4) is 0 Å². The molecule has 1 unspecified atom stereocenters. The smallest absolute Gasteiger partial charge is 0.119 e. The molecule has 20 heavy (non-hydrogen) atoms. The van der Waals surface area contributed by atoms with Gasteiger partial charge in [-0.3, -0.25) is 4.90 Å². The Morgan fingerprint density at radius 2 is 2.20 bits per heavy atom. The van der Waals surface area contributed by atoms with Crippen molar-refractivity contribution in [3.8, 4) is 5.75 Å². The molecule has 1 aromatic rings. The molecule has 0 aromatic heterocycles. The second-order valence-corrected chi connectivity index (χ2v) is 6.51. The summed E-state index contributed by atoms with van der Waals surface area (Å²) in [6, 6.07) is 8.70. The van der Waals surface area contributed by atoms with Crippen LogP contribution in [0.25, 0.3) is 0 Å². The van der Waals surface area contributed by atoms with Crippen LogP contribution in [0.1, 0.15) is 32.8 Å². The fourth-order valence-electron chi connectivity index (χ4n) is 2.82. The van der Waals surface area contributed by atoms with Gasteiger partial charge in [-0.1, -0.05) is 32.9 Å². The van der Waals surface area contributed by atoms with Gasteiger partial charge in [0, 0.05) is 19.1 Å². The normalized spacial score (nSPS) is 22.7. The van der Waals surface area contributed by atoms with Crippen molar-refractivity contribution in [2.75, 3.05) is 26.2 Å². The molecule has 1 aliphatic rings. The van der Waals surface area contributed by atoms with Crippen LogP contribution < -0.4 is 10.5 Å². The van der Waals surface area contributed by atoms with E-state index >= 15 is 0 Å². The first-order valence-corrected chi connectivity index (χ1v) is 7.71. The lowest BCUT2D eigenvalue weighted by atomic mass is 9.80. The van der Waals surface area contributed by atoms with Crippen molar-refractivity contribution in [1.29, 1.82) is 0 Å². The van der Waals surface area contributed by atoms with Crippen molar-refractivity contribution in [3.63, 3.8) is 0 Å². The van der Waals surface area contributed by atoms with Gasteiger partial charge in [-0.15, -0.1) is 0 Å². The zero-order chi connectivity index (χ0) is 14.6. The molecule has 0 saturated carbocycles. The highest BCUT2D eigenvalue weighted by Crippen LogP contribution is 2.27. The molecular formula is C17H28N2O. The maximum atomic E-state index is 6.17. The van der Waals surface area contributed by atoms with Crippen molar-refractivity contribution in [2.24, 2.45) is 11.1 Å². The van der Waals surface area contributed by atoms with Crippen LogP contribution >= 0.6 is 0 Å². The second kappa shape index (κ2) is 6.59. The number of hydrogen-bond acceptors (Lipinski definition) is 3. The maximum Gasteiger partial charge on any atom is 0.119 e. The molecule has 0 aliphatic carbocycles. The fraction of sp³-hybridized carbons (Fsp3) is 0.647. The van der Waals surface area contributed by atoms with Gasteiger partial charge in [-0.05, 0) is 42.5 Å². The number of benzene rings is 1. The highest BCUT2D eigenvalue weighted by atomic mass is 16.5. The van der Waals surface area contributed by atoms with Gasteiger partial charge in [0.15, 0.2) is 0 Å². The lowest BCUT2D eigenvalue weighted by Crippen LogP contribution is -2.53. The Morgan fingerprint density at radius 1 is 1.40 bits per heavy atom. The molecule has 2 N–H and O–H groups in total. The molecule has 0 radical (unpaired) electrons. The molecule has 2 rings (SSSR count). The summed E-state index contributed by atoms with van der Waals surface area (Å²) in [7, 11) is 0. The van der Waals surface area contributed by atoms with Gasteiger partial charge < -0.3 is 10.5 Å². The Morgan fingerprint density at radius 3 is 2.90 bits per heavy atom. The zero-order valence-electron chi connectivity index (χ0n) is 13.1. The summed E-state index contributed by atoms with van der Waals surface area (Å²) in [4.78, 5) is 2.47. The van der Waals surface area contributed by atoms with Crippen molar-refractivity contribution < 1.29 is 4.74 Å². The molecule has 0 bridgehead atoms. The summed E-state index contributed by atoms with van der Waals surface area (Å²) in [5.74, 6) is 0.984. The van der Waals surface area contributed by atoms with E-state index in [-0.39, 0.29) is 5.41 Å². The highest BCUT2D eigenvalue weighted by molar-refractivity contribution is 5.28. The van der Waals surface area contributed by atoms with E-state index in [4.69, 9.17) is 10.5 Å². The van der Waals surface area contributed by atoms with E-state index in [1.807, 2.05) is 6.07 Å². The first-order valence-electron chi connectivity index (χ1n) is 7.71. The van der Waals surface area contributed by atoms with Crippen LogP contribution in [0.2, 0.25) is 0 Å². The molecule has 1 fully saturated rings. The topological polar surface area (TPSA) is 38.5 Å². The highest BCUT2D eigenvalue weighted by Gasteiger charge is 2.32. The molecular weight excluding hydrogens is 248 g/mol. The van der Waals surface area contributed by atoms with E-state index in [1.54, 1.807) is 0 Å². The van der Waals surface area contributed by atoms with Gasteiger partial charge in [-0.2, -0.15) is 0 Å². The predicted molar refractivity (Wildman–Crippen MR) is 84.1 cm³/mol. The van der Waals surface area contributed by atoms with Crippen LogP contribution in [-0.2, 0) is 6.42 Å². The Kier molecular flexibility index (Phi) is 5.06. The van der Waals surface area contributed by atoms with Crippen molar-refractivity contribution in [2.45, 2.75) is 39.7 Å². The van der Waals surface area contributed by atoms with Gasteiger partial charge in [0.25, 0.3) is 0 Å². The second-order valence-electron chi connectivity index (χ2n) is 6.51. The molecule has 1 saturated heterocycles. The quantitative estimate of drug-likeness (QED) is 0.898. The summed E-state index contributed by atoms with van der Waals surface area (Å²) < 4.78 is 5.87. The van der Waals surface area contributed by atoms with Gasteiger partial charge in [0.05, 0.1) is 0 Å². The zero-order valence-corrected chi connectivity index (χ0v) is 13.1. The molecule has 112 valence electrons. The van der Waals surface area contributed by atoms with E-state index in [2.05, 4.69) is 43.9 Å². The molecule has 1 aromatic carbocycles. The van der Waals surface area contributed by atoms with E-state index < -0.39 is 0 Å². The summed E-state index contributed by atoms with van der Waals surface area (Å²) in [6.45, 7) is 10.6. The first kappa shape index (κ1) is 15.3. The predicted octanol–water partition coefficient (Wildman–Crippen LogP) is 2.69. The standard InChI is InChI=1S/C17H28N2O/c1-4-14-6-5-7-15(12-14)20-11-10-19-9-8-16(18)17(2,3)13-19/h5-7,12,16H,4,8-11,13,18H2,1-3H3. The molecule has 0 spiro atoms. The third-order valence-electron chi connectivity index (χ3n) is 4.37. The van der Waals surface area contributed by atoms with E-state index in [0.717, 1.165) is 44.8 Å². The Bertz CT molecular complexity index is 431. The fourth-order valence-corrected chi connectivity index (χ4v) is 2.82. The van der Waals surface area contributed by atoms with Gasteiger partial charge >= 0.3 is 0 Å². The van der Waals surface area contributed by atoms with Crippen LogP contribution in [0, 0.1) is 5.41 Å². The average Bonchev–Trinajstić information content (AvgIpc) is 2.43. The molecule has 3 nitrogen and oxygen atoms in total. The van der Waals surface area contributed by atoms with Crippen LogP contribution in [0.15, 0.2) is 24.3 Å². The number of nitrogens with zero attached hydrogens (tertiary/aromatic N) is 1. The average molecular weight is 276 g/mol. The minimum Gasteiger partial charge on any atom is -0.492 e.